The highest BCUT2D eigenvalue weighted by molar-refractivity contribution is 6.07. The standard InChI is InChI=1S/C49H37N/c1-49(2)46-25-15-14-22-42(46)45-33-47(43-23-12-13-24-44(43)48(45)49)50(40-28-26-37(27-29-40)34-16-6-3-7-17-34)41-31-38(35-18-8-4-9-19-35)30-39(32-41)36-20-10-5-11-21-36/h3-33H,1-2H3. The molecule has 0 unspecified atom stereocenters. The van der Waals surface area contributed by atoms with Crippen LogP contribution in [0, 0.1) is 0 Å². The van der Waals surface area contributed by atoms with Crippen molar-refractivity contribution in [1.29, 1.82) is 0 Å². The van der Waals surface area contributed by atoms with Crippen molar-refractivity contribution < 1.29 is 0 Å². The van der Waals surface area contributed by atoms with Gasteiger partial charge in [-0.05, 0) is 97.4 Å². The number of hydrogen-bond donors (Lipinski definition) is 0. The summed E-state index contributed by atoms with van der Waals surface area (Å²) in [6.07, 6.45) is 0. The third kappa shape index (κ3) is 5.02. The fourth-order valence-corrected chi connectivity index (χ4v) is 8.02. The van der Waals surface area contributed by atoms with Gasteiger partial charge in [0.2, 0.25) is 0 Å². The van der Waals surface area contributed by atoms with E-state index in [1.165, 1.54) is 72.1 Å². The molecule has 0 spiro atoms. The SMILES string of the molecule is CC1(C)c2ccccc2-c2cc(N(c3ccc(-c4ccccc4)cc3)c3cc(-c4ccccc4)cc(-c4ccccc4)c3)c3ccccc3c21. The second-order valence-corrected chi connectivity index (χ2v) is 13.8. The molecule has 0 saturated carbocycles. The highest BCUT2D eigenvalue weighted by Gasteiger charge is 2.38. The predicted molar refractivity (Wildman–Crippen MR) is 213 cm³/mol. The molecule has 1 nitrogen and oxygen atoms in total. The van der Waals surface area contributed by atoms with Crippen molar-refractivity contribution in [3.8, 4) is 44.5 Å². The molecule has 1 aliphatic carbocycles. The Morgan fingerprint density at radius 1 is 0.360 bits per heavy atom. The summed E-state index contributed by atoms with van der Waals surface area (Å²) in [6.45, 7) is 4.75. The van der Waals surface area contributed by atoms with Crippen LogP contribution in [0.2, 0.25) is 0 Å². The number of fused-ring (bicyclic) bond motifs is 5. The highest BCUT2D eigenvalue weighted by Crippen LogP contribution is 2.54. The maximum Gasteiger partial charge on any atom is 0.0546 e. The van der Waals surface area contributed by atoms with Gasteiger partial charge in [0.25, 0.3) is 0 Å². The van der Waals surface area contributed by atoms with Gasteiger partial charge in [0, 0.05) is 22.2 Å². The fourth-order valence-electron chi connectivity index (χ4n) is 8.02. The van der Waals surface area contributed by atoms with Crippen molar-refractivity contribution >= 4 is 27.8 Å². The van der Waals surface area contributed by atoms with E-state index in [0.717, 1.165) is 11.4 Å². The van der Waals surface area contributed by atoms with Crippen LogP contribution in [0.15, 0.2) is 188 Å². The number of benzene rings is 8. The maximum atomic E-state index is 2.48. The summed E-state index contributed by atoms with van der Waals surface area (Å²) in [5, 5.41) is 2.54. The van der Waals surface area contributed by atoms with Crippen molar-refractivity contribution in [2.75, 3.05) is 4.90 Å². The van der Waals surface area contributed by atoms with Gasteiger partial charge in [-0.2, -0.15) is 0 Å². The summed E-state index contributed by atoms with van der Waals surface area (Å²) in [7, 11) is 0. The Bertz CT molecular complexity index is 2420. The summed E-state index contributed by atoms with van der Waals surface area (Å²) in [4.78, 5) is 2.48. The Labute approximate surface area is 294 Å². The van der Waals surface area contributed by atoms with E-state index >= 15 is 0 Å². The second-order valence-electron chi connectivity index (χ2n) is 13.8. The van der Waals surface area contributed by atoms with Gasteiger partial charge in [0.15, 0.2) is 0 Å². The molecule has 0 heterocycles. The summed E-state index contributed by atoms with van der Waals surface area (Å²) >= 11 is 0. The topological polar surface area (TPSA) is 3.24 Å². The minimum absolute atomic E-state index is 0.111. The monoisotopic (exact) mass is 639 g/mol. The van der Waals surface area contributed by atoms with E-state index in [1.807, 2.05) is 0 Å². The smallest absolute Gasteiger partial charge is 0.0546 e. The molecule has 0 N–H and O–H groups in total. The lowest BCUT2D eigenvalue weighted by atomic mass is 9.80. The zero-order chi connectivity index (χ0) is 33.7. The number of nitrogens with zero attached hydrogens (tertiary/aromatic N) is 1. The van der Waals surface area contributed by atoms with E-state index < -0.39 is 0 Å². The summed E-state index contributed by atoms with van der Waals surface area (Å²) in [6, 6.07) is 68.6. The van der Waals surface area contributed by atoms with Crippen LogP contribution in [0.25, 0.3) is 55.3 Å². The molecule has 1 heteroatoms. The van der Waals surface area contributed by atoms with Gasteiger partial charge in [0.05, 0.1) is 5.69 Å². The average molecular weight is 640 g/mol. The predicted octanol–water partition coefficient (Wildman–Crippen LogP) is 13.6. The van der Waals surface area contributed by atoms with Crippen LogP contribution < -0.4 is 4.90 Å². The van der Waals surface area contributed by atoms with Crippen molar-refractivity contribution in [3.05, 3.63) is 199 Å². The van der Waals surface area contributed by atoms with Gasteiger partial charge >= 0.3 is 0 Å². The summed E-state index contributed by atoms with van der Waals surface area (Å²) in [5.74, 6) is 0. The molecule has 1 aliphatic rings. The van der Waals surface area contributed by atoms with Crippen LogP contribution in [-0.4, -0.2) is 0 Å². The number of rotatable bonds is 6. The molecular weight excluding hydrogens is 603 g/mol. The molecule has 0 aromatic heterocycles. The van der Waals surface area contributed by atoms with E-state index in [-0.39, 0.29) is 5.41 Å². The molecule has 9 rings (SSSR count). The van der Waals surface area contributed by atoms with Crippen molar-refractivity contribution in [2.24, 2.45) is 0 Å². The molecule has 0 fully saturated rings. The Kier molecular flexibility index (Phi) is 7.21. The van der Waals surface area contributed by atoms with Crippen LogP contribution in [0.1, 0.15) is 25.0 Å². The molecular formula is C49H37N. The van der Waals surface area contributed by atoms with E-state index in [4.69, 9.17) is 0 Å². The lowest BCUT2D eigenvalue weighted by molar-refractivity contribution is 0.666. The van der Waals surface area contributed by atoms with Gasteiger partial charge in [-0.1, -0.05) is 166 Å². The Morgan fingerprint density at radius 3 is 1.44 bits per heavy atom. The highest BCUT2D eigenvalue weighted by atomic mass is 15.1. The third-order valence-corrected chi connectivity index (χ3v) is 10.4. The zero-order valence-corrected chi connectivity index (χ0v) is 28.3. The van der Waals surface area contributed by atoms with E-state index in [9.17, 15) is 0 Å². The fraction of sp³-hybridized carbons (Fsp3) is 0.0612. The molecule has 50 heavy (non-hydrogen) atoms. The average Bonchev–Trinajstić information content (AvgIpc) is 3.42. The van der Waals surface area contributed by atoms with Gasteiger partial charge in [-0.25, -0.2) is 0 Å². The molecule has 0 amide bonds. The molecule has 238 valence electrons. The van der Waals surface area contributed by atoms with Crippen LogP contribution in [0.4, 0.5) is 17.1 Å². The van der Waals surface area contributed by atoms with Gasteiger partial charge in [-0.15, -0.1) is 0 Å². The molecule has 0 bridgehead atoms. The number of hydrogen-bond acceptors (Lipinski definition) is 1. The third-order valence-electron chi connectivity index (χ3n) is 10.4. The van der Waals surface area contributed by atoms with Crippen LogP contribution >= 0.6 is 0 Å². The first-order chi connectivity index (χ1) is 24.6. The summed E-state index contributed by atoms with van der Waals surface area (Å²) in [5.41, 5.74) is 15.9. The second kappa shape index (κ2) is 12.1. The number of anilines is 3. The zero-order valence-electron chi connectivity index (χ0n) is 28.3. The van der Waals surface area contributed by atoms with Crippen LogP contribution in [-0.2, 0) is 5.41 Å². The Hall–Kier alpha value is -6.18. The minimum Gasteiger partial charge on any atom is -0.310 e. The quantitative estimate of drug-likeness (QED) is 0.175. The van der Waals surface area contributed by atoms with Crippen molar-refractivity contribution in [3.63, 3.8) is 0 Å². The first-order valence-corrected chi connectivity index (χ1v) is 17.4. The molecule has 8 aromatic carbocycles. The van der Waals surface area contributed by atoms with Crippen LogP contribution in [0.3, 0.4) is 0 Å². The Morgan fingerprint density at radius 2 is 0.840 bits per heavy atom. The minimum atomic E-state index is -0.111. The van der Waals surface area contributed by atoms with Crippen molar-refractivity contribution in [2.45, 2.75) is 19.3 Å². The largest absolute Gasteiger partial charge is 0.310 e. The van der Waals surface area contributed by atoms with E-state index in [2.05, 4.69) is 207 Å². The summed E-state index contributed by atoms with van der Waals surface area (Å²) < 4.78 is 0. The van der Waals surface area contributed by atoms with Gasteiger partial charge in [0.1, 0.15) is 0 Å². The molecule has 0 saturated heterocycles. The van der Waals surface area contributed by atoms with Gasteiger partial charge < -0.3 is 4.90 Å². The maximum absolute atomic E-state index is 2.48. The van der Waals surface area contributed by atoms with E-state index in [0.29, 0.717) is 0 Å². The molecule has 0 aliphatic heterocycles. The molecule has 0 atom stereocenters. The van der Waals surface area contributed by atoms with Crippen molar-refractivity contribution in [1.82, 2.24) is 0 Å². The molecule has 0 radical (unpaired) electrons. The molecule has 8 aromatic rings. The normalized spacial score (nSPS) is 12.8. The van der Waals surface area contributed by atoms with E-state index in [1.54, 1.807) is 0 Å². The van der Waals surface area contributed by atoms with Crippen LogP contribution in [0.5, 0.6) is 0 Å². The lowest BCUT2D eigenvalue weighted by Gasteiger charge is -2.30. The Balaban J connectivity index is 1.34. The van der Waals surface area contributed by atoms with Gasteiger partial charge in [-0.3, -0.25) is 0 Å². The lowest BCUT2D eigenvalue weighted by Crippen LogP contribution is -2.16. The first-order valence-electron chi connectivity index (χ1n) is 17.4. The first kappa shape index (κ1) is 29.9.